The summed E-state index contributed by atoms with van der Waals surface area (Å²) < 4.78 is 0. The summed E-state index contributed by atoms with van der Waals surface area (Å²) in [6.45, 7) is 3.62. The number of nitrogens with two attached hydrogens (primary N) is 1. The van der Waals surface area contributed by atoms with Gasteiger partial charge >= 0.3 is 0 Å². The van der Waals surface area contributed by atoms with Crippen molar-refractivity contribution < 1.29 is 4.79 Å². The second-order valence-electron chi connectivity index (χ2n) is 5.34. The summed E-state index contributed by atoms with van der Waals surface area (Å²) in [6.07, 6.45) is 5.39. The van der Waals surface area contributed by atoms with Gasteiger partial charge in [0.05, 0.1) is 0 Å². The van der Waals surface area contributed by atoms with E-state index in [1.54, 1.807) is 5.38 Å². The molecule has 5 nitrogen and oxygen atoms in total. The second kappa shape index (κ2) is 5.46. The zero-order chi connectivity index (χ0) is 13.2. The number of aromatic nitrogens is 1. The fourth-order valence-corrected chi connectivity index (χ4v) is 3.64. The number of hydrogen-bond acceptors (Lipinski definition) is 5. The largest absolute Gasteiger partial charge is 0.375 e. The number of nitrogen functional groups attached to an aromatic ring is 1. The van der Waals surface area contributed by atoms with Gasteiger partial charge in [-0.1, -0.05) is 12.8 Å². The van der Waals surface area contributed by atoms with Crippen molar-refractivity contribution in [2.75, 3.05) is 31.9 Å². The van der Waals surface area contributed by atoms with Crippen LogP contribution in [0.15, 0.2) is 5.38 Å². The monoisotopic (exact) mass is 280 g/mol. The molecule has 0 spiro atoms. The maximum Gasteiger partial charge on any atom is 0.273 e. The molecule has 2 fully saturated rings. The van der Waals surface area contributed by atoms with E-state index in [4.69, 9.17) is 5.73 Å². The fourth-order valence-electron chi connectivity index (χ4n) is 3.11. The number of thiazole rings is 1. The van der Waals surface area contributed by atoms with Gasteiger partial charge in [-0.2, -0.15) is 0 Å². The van der Waals surface area contributed by atoms with Gasteiger partial charge in [0.2, 0.25) is 0 Å². The lowest BCUT2D eigenvalue weighted by Gasteiger charge is -2.37. The molecule has 1 amide bonds. The van der Waals surface area contributed by atoms with Gasteiger partial charge in [0.15, 0.2) is 5.13 Å². The Kier molecular flexibility index (Phi) is 3.70. The van der Waals surface area contributed by atoms with Crippen LogP contribution < -0.4 is 5.73 Å². The number of hydrogen-bond donors (Lipinski definition) is 1. The van der Waals surface area contributed by atoms with Crippen LogP contribution in [0.2, 0.25) is 0 Å². The Labute approximate surface area is 117 Å². The first kappa shape index (κ1) is 12.9. The summed E-state index contributed by atoms with van der Waals surface area (Å²) in [7, 11) is 0. The molecule has 1 aromatic heterocycles. The summed E-state index contributed by atoms with van der Waals surface area (Å²) in [5.74, 6) is 0.0269. The van der Waals surface area contributed by atoms with Crippen LogP contribution in [0.25, 0.3) is 0 Å². The van der Waals surface area contributed by atoms with E-state index in [0.717, 1.165) is 32.2 Å². The van der Waals surface area contributed by atoms with E-state index in [9.17, 15) is 4.79 Å². The van der Waals surface area contributed by atoms with Crippen molar-refractivity contribution in [1.82, 2.24) is 14.8 Å². The highest BCUT2D eigenvalue weighted by Gasteiger charge is 2.28. The Balaban J connectivity index is 1.56. The Morgan fingerprint density at radius 1 is 1.26 bits per heavy atom. The maximum absolute atomic E-state index is 12.2. The number of carbonyl (C=O) groups is 1. The summed E-state index contributed by atoms with van der Waals surface area (Å²) in [5, 5.41) is 2.22. The van der Waals surface area contributed by atoms with Crippen molar-refractivity contribution in [3.8, 4) is 0 Å². The molecule has 2 aliphatic rings. The number of piperazine rings is 1. The molecule has 1 saturated carbocycles. The Bertz CT molecular complexity index is 447. The van der Waals surface area contributed by atoms with E-state index in [2.05, 4.69) is 9.88 Å². The SMILES string of the molecule is Nc1nc(C(=O)N2CCN(C3CCCC3)CC2)cs1. The minimum Gasteiger partial charge on any atom is -0.375 e. The maximum atomic E-state index is 12.2. The molecule has 104 valence electrons. The average molecular weight is 280 g/mol. The van der Waals surface area contributed by atoms with Gasteiger partial charge in [0.1, 0.15) is 5.69 Å². The molecule has 1 aliphatic heterocycles. The molecule has 19 heavy (non-hydrogen) atoms. The van der Waals surface area contributed by atoms with Crippen LogP contribution in [0.5, 0.6) is 0 Å². The van der Waals surface area contributed by atoms with E-state index in [0.29, 0.717) is 10.8 Å². The highest BCUT2D eigenvalue weighted by Crippen LogP contribution is 2.24. The van der Waals surface area contributed by atoms with Gasteiger partial charge in [-0.3, -0.25) is 9.69 Å². The van der Waals surface area contributed by atoms with Gasteiger partial charge in [-0.25, -0.2) is 4.98 Å². The molecule has 1 saturated heterocycles. The molecule has 0 atom stereocenters. The number of nitrogens with zero attached hydrogens (tertiary/aromatic N) is 3. The molecule has 3 rings (SSSR count). The summed E-state index contributed by atoms with van der Waals surface area (Å²) >= 11 is 1.33. The first-order chi connectivity index (χ1) is 9.24. The zero-order valence-corrected chi connectivity index (χ0v) is 11.9. The first-order valence-electron chi connectivity index (χ1n) is 6.98. The summed E-state index contributed by atoms with van der Waals surface area (Å²) in [6, 6.07) is 0.757. The number of amides is 1. The number of carbonyl (C=O) groups excluding carboxylic acids is 1. The smallest absolute Gasteiger partial charge is 0.273 e. The van der Waals surface area contributed by atoms with Crippen molar-refractivity contribution in [2.24, 2.45) is 0 Å². The van der Waals surface area contributed by atoms with Crippen LogP contribution in [-0.2, 0) is 0 Å². The van der Waals surface area contributed by atoms with Crippen molar-refractivity contribution in [1.29, 1.82) is 0 Å². The van der Waals surface area contributed by atoms with Crippen LogP contribution in [0.3, 0.4) is 0 Å². The highest BCUT2D eigenvalue weighted by molar-refractivity contribution is 7.13. The molecule has 1 aromatic rings. The molecule has 2 N–H and O–H groups in total. The minimum atomic E-state index is 0.0269. The van der Waals surface area contributed by atoms with E-state index < -0.39 is 0 Å². The molecule has 0 unspecified atom stereocenters. The van der Waals surface area contributed by atoms with Crippen molar-refractivity contribution in [3.05, 3.63) is 11.1 Å². The molecule has 1 aliphatic carbocycles. The normalized spacial score (nSPS) is 22.0. The van der Waals surface area contributed by atoms with E-state index >= 15 is 0 Å². The van der Waals surface area contributed by atoms with Crippen LogP contribution in [0.4, 0.5) is 5.13 Å². The van der Waals surface area contributed by atoms with Crippen molar-refractivity contribution >= 4 is 22.4 Å². The van der Waals surface area contributed by atoms with Crippen molar-refractivity contribution in [3.63, 3.8) is 0 Å². The lowest BCUT2D eigenvalue weighted by molar-refractivity contribution is 0.0569. The van der Waals surface area contributed by atoms with E-state index in [1.165, 1.54) is 37.0 Å². The van der Waals surface area contributed by atoms with Gasteiger partial charge in [0, 0.05) is 37.6 Å². The quantitative estimate of drug-likeness (QED) is 0.890. The molecular weight excluding hydrogens is 260 g/mol. The standard InChI is InChI=1S/C13H20N4OS/c14-13-15-11(9-19-13)12(18)17-7-5-16(6-8-17)10-3-1-2-4-10/h9-10H,1-8H2,(H2,14,15). The van der Waals surface area contributed by atoms with Crippen LogP contribution >= 0.6 is 11.3 Å². The summed E-state index contributed by atoms with van der Waals surface area (Å²) in [4.78, 5) is 20.8. The molecular formula is C13H20N4OS. The number of rotatable bonds is 2. The second-order valence-corrected chi connectivity index (χ2v) is 6.23. The predicted molar refractivity (Wildman–Crippen MR) is 76.3 cm³/mol. The molecule has 0 bridgehead atoms. The zero-order valence-electron chi connectivity index (χ0n) is 11.0. The minimum absolute atomic E-state index is 0.0269. The Morgan fingerprint density at radius 3 is 2.53 bits per heavy atom. The molecule has 0 radical (unpaired) electrons. The van der Waals surface area contributed by atoms with E-state index in [1.807, 2.05) is 4.90 Å². The molecule has 2 heterocycles. The molecule has 6 heteroatoms. The lowest BCUT2D eigenvalue weighted by atomic mass is 10.2. The third-order valence-electron chi connectivity index (χ3n) is 4.18. The Hall–Kier alpha value is -1.14. The van der Waals surface area contributed by atoms with Gasteiger partial charge in [-0.05, 0) is 12.8 Å². The van der Waals surface area contributed by atoms with E-state index in [-0.39, 0.29) is 5.91 Å². The third kappa shape index (κ3) is 2.74. The third-order valence-corrected chi connectivity index (χ3v) is 4.86. The fraction of sp³-hybridized carbons (Fsp3) is 0.692. The van der Waals surface area contributed by atoms with Gasteiger partial charge < -0.3 is 10.6 Å². The van der Waals surface area contributed by atoms with Gasteiger partial charge in [-0.15, -0.1) is 11.3 Å². The predicted octanol–water partition coefficient (Wildman–Crippen LogP) is 1.43. The average Bonchev–Trinajstić information content (AvgIpc) is 3.09. The summed E-state index contributed by atoms with van der Waals surface area (Å²) in [5.41, 5.74) is 6.08. The first-order valence-corrected chi connectivity index (χ1v) is 7.86. The number of anilines is 1. The molecule has 0 aromatic carbocycles. The van der Waals surface area contributed by atoms with Gasteiger partial charge in [0.25, 0.3) is 5.91 Å². The van der Waals surface area contributed by atoms with Crippen LogP contribution in [0, 0.1) is 0 Å². The lowest BCUT2D eigenvalue weighted by Crippen LogP contribution is -2.51. The van der Waals surface area contributed by atoms with Crippen LogP contribution in [0.1, 0.15) is 36.2 Å². The highest BCUT2D eigenvalue weighted by atomic mass is 32.1. The van der Waals surface area contributed by atoms with Crippen LogP contribution in [-0.4, -0.2) is 52.9 Å². The topological polar surface area (TPSA) is 62.5 Å². The van der Waals surface area contributed by atoms with Crippen molar-refractivity contribution in [2.45, 2.75) is 31.7 Å². The Morgan fingerprint density at radius 2 is 1.95 bits per heavy atom.